The van der Waals surface area contributed by atoms with Crippen molar-refractivity contribution < 1.29 is 34.3 Å². The number of hydrogen-bond donors (Lipinski definition) is 8. The largest absolute Gasteiger partial charge is 0.467 e. The average Bonchev–Trinajstić information content (AvgIpc) is 2.71. The van der Waals surface area contributed by atoms with Gasteiger partial charge >= 0.3 is 0 Å². The van der Waals surface area contributed by atoms with Crippen LogP contribution < -0.4 is 28.3 Å². The van der Waals surface area contributed by atoms with Gasteiger partial charge in [-0.25, -0.2) is 0 Å². The first-order valence-electron chi connectivity index (χ1n) is 10.6. The van der Waals surface area contributed by atoms with Crippen molar-refractivity contribution in [3.05, 3.63) is 11.8 Å². The molecule has 3 rings (SSSR count). The average molecular weight is 448 g/mol. The lowest BCUT2D eigenvalue weighted by molar-refractivity contribution is -0.303. The zero-order valence-electron chi connectivity index (χ0n) is 18.0. The SMILES string of the molecule is CN[C@@H]1[C@H](O)[C@H](O[C@@H]2[C@H](O)[C@H](O[C@H]3OC(CN)=CC[C@H]3N)[C@H](N)C[C@H]2N)OC[C@@]1(C)O. The van der Waals surface area contributed by atoms with Crippen molar-refractivity contribution in [2.24, 2.45) is 22.9 Å². The van der Waals surface area contributed by atoms with Gasteiger partial charge < -0.3 is 62.5 Å². The quantitative estimate of drug-likeness (QED) is 0.196. The summed E-state index contributed by atoms with van der Waals surface area (Å²) in [4.78, 5) is 0. The Morgan fingerprint density at radius 3 is 2.29 bits per heavy atom. The second-order valence-electron chi connectivity index (χ2n) is 8.81. The summed E-state index contributed by atoms with van der Waals surface area (Å²) in [7, 11) is 1.62. The smallest absolute Gasteiger partial charge is 0.215 e. The van der Waals surface area contributed by atoms with Gasteiger partial charge in [0.05, 0.1) is 25.2 Å². The number of nitrogens with one attached hydrogen (secondary N) is 1. The van der Waals surface area contributed by atoms with E-state index in [1.165, 1.54) is 0 Å². The molecule has 1 aliphatic carbocycles. The summed E-state index contributed by atoms with van der Waals surface area (Å²) in [6.45, 7) is 1.68. The Hall–Kier alpha value is -0.900. The molecule has 2 heterocycles. The van der Waals surface area contributed by atoms with Crippen molar-refractivity contribution in [2.45, 2.75) is 86.5 Å². The lowest BCUT2D eigenvalue weighted by Crippen LogP contribution is -2.68. The molecule has 0 aromatic rings. The molecule has 0 bridgehead atoms. The first-order chi connectivity index (χ1) is 14.6. The van der Waals surface area contributed by atoms with Crippen LogP contribution in [0.2, 0.25) is 0 Å². The molecule has 2 aliphatic heterocycles. The highest BCUT2D eigenvalue weighted by molar-refractivity contribution is 5.04. The topological polar surface area (TPSA) is 214 Å². The van der Waals surface area contributed by atoms with Gasteiger partial charge in [-0.15, -0.1) is 0 Å². The van der Waals surface area contributed by atoms with E-state index in [-0.39, 0.29) is 13.2 Å². The minimum absolute atomic E-state index is 0.0727. The van der Waals surface area contributed by atoms with Crippen LogP contribution >= 0.6 is 0 Å². The summed E-state index contributed by atoms with van der Waals surface area (Å²) >= 11 is 0. The number of rotatable bonds is 6. The van der Waals surface area contributed by atoms with Gasteiger partial charge in [0.2, 0.25) is 6.29 Å². The fourth-order valence-corrected chi connectivity index (χ4v) is 4.44. The molecule has 1 saturated heterocycles. The molecular weight excluding hydrogens is 410 g/mol. The molecule has 0 radical (unpaired) electrons. The molecule has 0 unspecified atom stereocenters. The fraction of sp³-hybridized carbons (Fsp3) is 0.895. The molecule has 12 heteroatoms. The van der Waals surface area contributed by atoms with Crippen LogP contribution in [0.15, 0.2) is 11.8 Å². The standard InChI is InChI=1S/C19H37N5O7/c1-19(27)7-28-18(13(26)16(19)24-2)31-15-11(23)5-10(22)14(12(15)25)30-17-9(21)4-3-8(6-20)29-17/h3,9-18,24-27H,4-7,20-23H2,1-2H3/t9-,10-,11-,12-,13+,14-,15+,16-,17-,18+,19-/m1/s1. The Morgan fingerprint density at radius 2 is 1.71 bits per heavy atom. The van der Waals surface area contributed by atoms with Crippen LogP contribution in [0.25, 0.3) is 0 Å². The molecule has 1 saturated carbocycles. The van der Waals surface area contributed by atoms with Crippen LogP contribution in [0.1, 0.15) is 19.8 Å². The van der Waals surface area contributed by atoms with E-state index in [2.05, 4.69) is 5.32 Å². The molecule has 11 atom stereocenters. The summed E-state index contributed by atoms with van der Waals surface area (Å²) in [6, 6.07) is -2.37. The first kappa shape index (κ1) is 24.7. The maximum Gasteiger partial charge on any atom is 0.215 e. The minimum Gasteiger partial charge on any atom is -0.467 e. The molecule has 31 heavy (non-hydrogen) atoms. The predicted molar refractivity (Wildman–Crippen MR) is 110 cm³/mol. The third-order valence-electron chi connectivity index (χ3n) is 6.22. The zero-order valence-corrected chi connectivity index (χ0v) is 18.0. The van der Waals surface area contributed by atoms with Crippen LogP contribution in [-0.2, 0) is 18.9 Å². The number of aliphatic hydroxyl groups is 3. The van der Waals surface area contributed by atoms with Crippen LogP contribution in [0.3, 0.4) is 0 Å². The normalized spacial score (nSPS) is 48.7. The van der Waals surface area contributed by atoms with E-state index >= 15 is 0 Å². The molecule has 12 N–H and O–H groups in total. The van der Waals surface area contributed by atoms with E-state index in [0.717, 1.165) is 0 Å². The molecule has 0 aromatic heterocycles. The van der Waals surface area contributed by atoms with Gasteiger partial charge in [-0.2, -0.15) is 0 Å². The fourth-order valence-electron chi connectivity index (χ4n) is 4.44. The summed E-state index contributed by atoms with van der Waals surface area (Å²) in [5.41, 5.74) is 22.9. The van der Waals surface area contributed by atoms with Crippen LogP contribution in [0.4, 0.5) is 0 Å². The van der Waals surface area contributed by atoms with E-state index in [1.54, 1.807) is 20.0 Å². The minimum atomic E-state index is -1.29. The van der Waals surface area contributed by atoms with Crippen molar-refractivity contribution in [3.63, 3.8) is 0 Å². The number of nitrogens with two attached hydrogens (primary N) is 4. The van der Waals surface area contributed by atoms with Gasteiger partial charge in [0.1, 0.15) is 35.8 Å². The lowest BCUT2D eigenvalue weighted by atomic mass is 9.84. The van der Waals surface area contributed by atoms with Gasteiger partial charge in [-0.05, 0) is 32.9 Å². The molecule has 12 nitrogen and oxygen atoms in total. The van der Waals surface area contributed by atoms with Gasteiger partial charge in [-0.1, -0.05) is 0 Å². The van der Waals surface area contributed by atoms with Crippen LogP contribution in [0.5, 0.6) is 0 Å². The molecule has 180 valence electrons. The Kier molecular flexibility index (Phi) is 7.92. The summed E-state index contributed by atoms with van der Waals surface area (Å²) in [6.07, 6.45) is -3.56. The van der Waals surface area contributed by atoms with Crippen molar-refractivity contribution in [2.75, 3.05) is 20.2 Å². The number of likely N-dealkylation sites (N-methyl/N-ethyl adjacent to an activating group) is 1. The van der Waals surface area contributed by atoms with E-state index in [1.807, 2.05) is 0 Å². The Balaban J connectivity index is 1.69. The lowest BCUT2D eigenvalue weighted by Gasteiger charge is -2.48. The van der Waals surface area contributed by atoms with Crippen molar-refractivity contribution >= 4 is 0 Å². The molecule has 3 aliphatic rings. The number of ether oxygens (including phenoxy) is 4. The predicted octanol–water partition coefficient (Wildman–Crippen LogP) is -3.85. The third kappa shape index (κ3) is 5.20. The Morgan fingerprint density at radius 1 is 1.10 bits per heavy atom. The number of hydrogen-bond acceptors (Lipinski definition) is 12. The monoisotopic (exact) mass is 447 g/mol. The Labute approximate surface area is 181 Å². The van der Waals surface area contributed by atoms with Gasteiger partial charge in [0, 0.05) is 12.1 Å². The van der Waals surface area contributed by atoms with E-state index < -0.39 is 66.8 Å². The van der Waals surface area contributed by atoms with E-state index in [9.17, 15) is 15.3 Å². The Bertz CT molecular complexity index is 639. The summed E-state index contributed by atoms with van der Waals surface area (Å²) < 4.78 is 23.1. The summed E-state index contributed by atoms with van der Waals surface area (Å²) in [5, 5.41) is 34.9. The van der Waals surface area contributed by atoms with Crippen molar-refractivity contribution in [3.8, 4) is 0 Å². The second kappa shape index (κ2) is 9.93. The maximum atomic E-state index is 11.0. The molecule has 0 amide bonds. The van der Waals surface area contributed by atoms with E-state index in [0.29, 0.717) is 18.6 Å². The maximum absolute atomic E-state index is 11.0. The van der Waals surface area contributed by atoms with Crippen LogP contribution in [0, 0.1) is 0 Å². The third-order valence-corrected chi connectivity index (χ3v) is 6.22. The first-order valence-corrected chi connectivity index (χ1v) is 10.6. The summed E-state index contributed by atoms with van der Waals surface area (Å²) in [5.74, 6) is 0.555. The molecule has 2 fully saturated rings. The van der Waals surface area contributed by atoms with Gasteiger partial charge in [-0.3, -0.25) is 0 Å². The highest BCUT2D eigenvalue weighted by Gasteiger charge is 2.50. The number of aliphatic hydroxyl groups excluding tert-OH is 2. The highest BCUT2D eigenvalue weighted by atomic mass is 16.7. The molecular formula is C19H37N5O7. The highest BCUT2D eigenvalue weighted by Crippen LogP contribution is 2.31. The van der Waals surface area contributed by atoms with Gasteiger partial charge in [0.15, 0.2) is 6.29 Å². The zero-order chi connectivity index (χ0) is 22.9. The van der Waals surface area contributed by atoms with Crippen molar-refractivity contribution in [1.82, 2.24) is 5.32 Å². The van der Waals surface area contributed by atoms with Crippen molar-refractivity contribution in [1.29, 1.82) is 0 Å². The molecule has 0 spiro atoms. The van der Waals surface area contributed by atoms with E-state index in [4.69, 9.17) is 41.9 Å². The van der Waals surface area contributed by atoms with Crippen LogP contribution in [-0.4, -0.2) is 102 Å². The second-order valence-corrected chi connectivity index (χ2v) is 8.81. The van der Waals surface area contributed by atoms with Gasteiger partial charge in [0.25, 0.3) is 0 Å². The molecule has 0 aromatic carbocycles.